The Balaban J connectivity index is 1.80. The number of hydrogen-bond donors (Lipinski definition) is 0. The average molecular weight is 260 g/mol. The minimum absolute atomic E-state index is 0.396. The van der Waals surface area contributed by atoms with Crippen LogP contribution in [0.3, 0.4) is 0 Å². The van der Waals surface area contributed by atoms with Crippen LogP contribution in [0.5, 0.6) is 0 Å². The van der Waals surface area contributed by atoms with Crippen LogP contribution in [0.4, 0.5) is 8.78 Å². The van der Waals surface area contributed by atoms with E-state index in [0.717, 1.165) is 11.6 Å². The fourth-order valence-electron chi connectivity index (χ4n) is 1.67. The first-order chi connectivity index (χ1) is 9.24. The van der Waals surface area contributed by atoms with Crippen LogP contribution >= 0.6 is 0 Å². The van der Waals surface area contributed by atoms with E-state index in [1.54, 1.807) is 12.2 Å². The van der Waals surface area contributed by atoms with Gasteiger partial charge in [0, 0.05) is 6.07 Å². The molecule has 0 amide bonds. The number of benzene rings is 2. The van der Waals surface area contributed by atoms with E-state index in [2.05, 4.69) is 0 Å². The highest BCUT2D eigenvalue weighted by atomic mass is 19.1. The molecule has 1 nitrogen and oxygen atoms in total. The van der Waals surface area contributed by atoms with E-state index in [-0.39, 0.29) is 0 Å². The predicted octanol–water partition coefficient (Wildman–Crippen LogP) is 4.19. The van der Waals surface area contributed by atoms with Crippen LogP contribution in [-0.2, 0) is 11.3 Å². The van der Waals surface area contributed by atoms with E-state index in [1.165, 1.54) is 12.1 Å². The van der Waals surface area contributed by atoms with Gasteiger partial charge >= 0.3 is 0 Å². The van der Waals surface area contributed by atoms with E-state index < -0.39 is 11.6 Å². The van der Waals surface area contributed by atoms with Crippen molar-refractivity contribution in [2.45, 2.75) is 6.61 Å². The summed E-state index contributed by atoms with van der Waals surface area (Å²) < 4.78 is 31.3. The lowest BCUT2D eigenvalue weighted by molar-refractivity contribution is 0.149. The molecule has 0 radical (unpaired) electrons. The Hall–Kier alpha value is -2.00. The second-order valence-electron chi connectivity index (χ2n) is 4.11. The Labute approximate surface area is 111 Å². The fraction of sp³-hybridized carbons (Fsp3) is 0.125. The van der Waals surface area contributed by atoms with Gasteiger partial charge in [0.2, 0.25) is 0 Å². The molecular weight excluding hydrogens is 246 g/mol. The number of halogens is 2. The molecule has 0 spiro atoms. The molecule has 0 heterocycles. The van der Waals surface area contributed by atoms with Crippen molar-refractivity contribution in [2.75, 3.05) is 6.61 Å². The SMILES string of the molecule is Fc1cc(F)cc(C=CCOCc2ccccc2)c1. The molecule has 0 aliphatic carbocycles. The van der Waals surface area contributed by atoms with E-state index in [4.69, 9.17) is 4.74 Å². The van der Waals surface area contributed by atoms with Crippen LogP contribution in [0.2, 0.25) is 0 Å². The number of hydrogen-bond acceptors (Lipinski definition) is 1. The lowest BCUT2D eigenvalue weighted by Gasteiger charge is -2.01. The smallest absolute Gasteiger partial charge is 0.126 e. The van der Waals surface area contributed by atoms with Crippen molar-refractivity contribution in [1.82, 2.24) is 0 Å². The molecule has 2 aromatic carbocycles. The summed E-state index contributed by atoms with van der Waals surface area (Å²) in [5.74, 6) is -1.16. The minimum atomic E-state index is -0.579. The van der Waals surface area contributed by atoms with Gasteiger partial charge in [-0.2, -0.15) is 0 Å². The van der Waals surface area contributed by atoms with Crippen LogP contribution in [0.15, 0.2) is 54.6 Å². The Morgan fingerprint density at radius 2 is 1.63 bits per heavy atom. The summed E-state index contributed by atoms with van der Waals surface area (Å²) in [6, 6.07) is 13.2. The normalized spacial score (nSPS) is 11.1. The molecule has 3 heteroatoms. The zero-order chi connectivity index (χ0) is 13.5. The van der Waals surface area contributed by atoms with Crippen LogP contribution in [0.1, 0.15) is 11.1 Å². The maximum Gasteiger partial charge on any atom is 0.126 e. The van der Waals surface area contributed by atoms with Crippen molar-refractivity contribution in [2.24, 2.45) is 0 Å². The highest BCUT2D eigenvalue weighted by molar-refractivity contribution is 5.49. The Morgan fingerprint density at radius 3 is 2.32 bits per heavy atom. The Kier molecular flexibility index (Phi) is 4.81. The predicted molar refractivity (Wildman–Crippen MR) is 71.5 cm³/mol. The molecule has 0 aliphatic rings. The molecule has 0 saturated heterocycles. The van der Waals surface area contributed by atoms with Gasteiger partial charge in [0.15, 0.2) is 0 Å². The van der Waals surface area contributed by atoms with Gasteiger partial charge in [-0.25, -0.2) is 8.78 Å². The van der Waals surface area contributed by atoms with Crippen molar-refractivity contribution in [3.63, 3.8) is 0 Å². The van der Waals surface area contributed by atoms with Gasteiger partial charge in [0.05, 0.1) is 13.2 Å². The topological polar surface area (TPSA) is 9.23 Å². The van der Waals surface area contributed by atoms with Crippen molar-refractivity contribution >= 4 is 6.08 Å². The third-order valence-corrected chi connectivity index (χ3v) is 2.52. The molecule has 0 atom stereocenters. The standard InChI is InChI=1S/C16H14F2O/c17-15-9-14(10-16(18)11-15)7-4-8-19-12-13-5-2-1-3-6-13/h1-7,9-11H,8,12H2. The summed E-state index contributed by atoms with van der Waals surface area (Å²) >= 11 is 0. The summed E-state index contributed by atoms with van der Waals surface area (Å²) in [5.41, 5.74) is 1.58. The maximum atomic E-state index is 12.9. The number of ether oxygens (including phenoxy) is 1. The van der Waals surface area contributed by atoms with Crippen LogP contribution in [0, 0.1) is 11.6 Å². The first-order valence-electron chi connectivity index (χ1n) is 5.98. The van der Waals surface area contributed by atoms with E-state index in [1.807, 2.05) is 30.3 Å². The minimum Gasteiger partial charge on any atom is -0.373 e. The average Bonchev–Trinajstić information content (AvgIpc) is 2.38. The quantitative estimate of drug-likeness (QED) is 0.732. The summed E-state index contributed by atoms with van der Waals surface area (Å²) in [6.07, 6.45) is 3.37. The van der Waals surface area contributed by atoms with Crippen LogP contribution in [-0.4, -0.2) is 6.61 Å². The van der Waals surface area contributed by atoms with Crippen molar-refractivity contribution in [3.05, 3.63) is 77.4 Å². The highest BCUT2D eigenvalue weighted by Gasteiger charge is 1.97. The summed E-state index contributed by atoms with van der Waals surface area (Å²) in [5, 5.41) is 0. The van der Waals surface area contributed by atoms with Gasteiger partial charge in [-0.05, 0) is 23.3 Å². The molecule has 0 unspecified atom stereocenters. The van der Waals surface area contributed by atoms with Gasteiger partial charge in [0.1, 0.15) is 11.6 Å². The highest BCUT2D eigenvalue weighted by Crippen LogP contribution is 2.09. The molecule has 0 N–H and O–H groups in total. The lowest BCUT2D eigenvalue weighted by atomic mass is 10.2. The van der Waals surface area contributed by atoms with Crippen molar-refractivity contribution < 1.29 is 13.5 Å². The largest absolute Gasteiger partial charge is 0.373 e. The summed E-state index contributed by atoms with van der Waals surface area (Å²) in [7, 11) is 0. The summed E-state index contributed by atoms with van der Waals surface area (Å²) in [4.78, 5) is 0. The van der Waals surface area contributed by atoms with E-state index in [9.17, 15) is 8.78 Å². The van der Waals surface area contributed by atoms with Gasteiger partial charge in [-0.1, -0.05) is 42.5 Å². The number of rotatable bonds is 5. The summed E-state index contributed by atoms with van der Waals surface area (Å²) in [6.45, 7) is 0.912. The lowest BCUT2D eigenvalue weighted by Crippen LogP contribution is -1.92. The van der Waals surface area contributed by atoms with Gasteiger partial charge < -0.3 is 4.74 Å². The molecule has 0 saturated carbocycles. The monoisotopic (exact) mass is 260 g/mol. The van der Waals surface area contributed by atoms with Gasteiger partial charge in [0.25, 0.3) is 0 Å². The van der Waals surface area contributed by atoms with Crippen molar-refractivity contribution in [1.29, 1.82) is 0 Å². The molecule has 0 aromatic heterocycles. The van der Waals surface area contributed by atoms with E-state index >= 15 is 0 Å². The Morgan fingerprint density at radius 1 is 0.947 bits per heavy atom. The molecule has 19 heavy (non-hydrogen) atoms. The second kappa shape index (κ2) is 6.81. The molecular formula is C16H14F2O. The molecule has 0 bridgehead atoms. The van der Waals surface area contributed by atoms with Gasteiger partial charge in [-0.3, -0.25) is 0 Å². The molecule has 0 aliphatic heterocycles. The third kappa shape index (κ3) is 4.64. The van der Waals surface area contributed by atoms with Crippen LogP contribution in [0.25, 0.3) is 6.08 Å². The molecule has 0 fully saturated rings. The third-order valence-electron chi connectivity index (χ3n) is 2.52. The maximum absolute atomic E-state index is 12.9. The molecule has 2 rings (SSSR count). The first kappa shape index (κ1) is 13.4. The zero-order valence-electron chi connectivity index (χ0n) is 10.4. The Bertz CT molecular complexity index is 530. The second-order valence-corrected chi connectivity index (χ2v) is 4.11. The fourth-order valence-corrected chi connectivity index (χ4v) is 1.67. The first-order valence-corrected chi connectivity index (χ1v) is 5.98. The molecule has 2 aromatic rings. The molecule has 98 valence electrons. The van der Waals surface area contributed by atoms with Crippen LogP contribution < -0.4 is 0 Å². The van der Waals surface area contributed by atoms with Crippen molar-refractivity contribution in [3.8, 4) is 0 Å². The zero-order valence-corrected chi connectivity index (χ0v) is 10.4. The van der Waals surface area contributed by atoms with E-state index in [0.29, 0.717) is 18.8 Å². The van der Waals surface area contributed by atoms with Gasteiger partial charge in [-0.15, -0.1) is 0 Å².